The molecule has 0 bridgehead atoms. The zero-order valence-corrected chi connectivity index (χ0v) is 12.9. The summed E-state index contributed by atoms with van der Waals surface area (Å²) in [6.45, 7) is 1.32. The van der Waals surface area contributed by atoms with E-state index in [0.29, 0.717) is 10.7 Å². The third kappa shape index (κ3) is 2.78. The van der Waals surface area contributed by atoms with Gasteiger partial charge >= 0.3 is 0 Å². The van der Waals surface area contributed by atoms with Crippen LogP contribution in [0.1, 0.15) is 11.1 Å². The number of nitrogens with one attached hydrogen (secondary N) is 1. The lowest BCUT2D eigenvalue weighted by atomic mass is 10.2. The molecule has 1 aromatic carbocycles. The molecule has 0 aliphatic carbocycles. The third-order valence-corrected chi connectivity index (χ3v) is 3.90. The average Bonchev–Trinajstić information content (AvgIpc) is 2.52. The van der Waals surface area contributed by atoms with Crippen LogP contribution in [0.3, 0.4) is 0 Å². The van der Waals surface area contributed by atoms with Crippen LogP contribution in [0, 0.1) is 12.7 Å². The Morgan fingerprint density at radius 2 is 2.17 bits per heavy atom. The fraction of sp³-hybridized carbons (Fsp3) is 0.125. The lowest BCUT2D eigenvalue weighted by Crippen LogP contribution is -2.22. The summed E-state index contributed by atoms with van der Waals surface area (Å²) in [5.41, 5.74) is 0.897. The van der Waals surface area contributed by atoms with Crippen molar-refractivity contribution in [3.05, 3.63) is 68.8 Å². The summed E-state index contributed by atoms with van der Waals surface area (Å²) >= 11 is 5.98. The van der Waals surface area contributed by atoms with Gasteiger partial charge in [0.25, 0.3) is 5.56 Å². The van der Waals surface area contributed by atoms with Crippen LogP contribution in [0.15, 0.2) is 41.3 Å². The molecule has 0 amide bonds. The highest BCUT2D eigenvalue weighted by Crippen LogP contribution is 2.23. The molecule has 7 heteroatoms. The number of halogens is 2. The summed E-state index contributed by atoms with van der Waals surface area (Å²) in [6.07, 6.45) is 1.41. The van der Waals surface area contributed by atoms with Crippen LogP contribution >= 0.6 is 11.6 Å². The van der Waals surface area contributed by atoms with E-state index in [2.05, 4.69) is 10.3 Å². The van der Waals surface area contributed by atoms with Crippen LogP contribution in [-0.4, -0.2) is 14.5 Å². The normalized spacial score (nSPS) is 11.0. The quantitative estimate of drug-likeness (QED) is 0.773. The SMILES string of the molecule is Cc1cc(Nc2nc3c(F)cccn3c(=O)c2CO)ccc1Cl. The van der Waals surface area contributed by atoms with E-state index in [1.165, 1.54) is 18.3 Å². The van der Waals surface area contributed by atoms with E-state index < -0.39 is 18.0 Å². The Morgan fingerprint density at radius 1 is 1.39 bits per heavy atom. The summed E-state index contributed by atoms with van der Waals surface area (Å²) < 4.78 is 15.0. The molecule has 0 aliphatic rings. The Hall–Kier alpha value is -2.44. The van der Waals surface area contributed by atoms with Gasteiger partial charge in [0.15, 0.2) is 11.5 Å². The Bertz CT molecular complexity index is 956. The number of hydrogen-bond acceptors (Lipinski definition) is 4. The van der Waals surface area contributed by atoms with Gasteiger partial charge in [0.2, 0.25) is 0 Å². The second-order valence-electron chi connectivity index (χ2n) is 5.04. The highest BCUT2D eigenvalue weighted by molar-refractivity contribution is 6.31. The molecule has 0 saturated heterocycles. The standard InChI is InChI=1S/C16H13ClFN3O2/c1-9-7-10(4-5-12(9)17)19-14-11(8-22)16(23)21-6-2-3-13(18)15(21)20-14/h2-7,19,22H,8H2,1H3. The van der Waals surface area contributed by atoms with E-state index in [0.717, 1.165) is 9.96 Å². The van der Waals surface area contributed by atoms with Gasteiger partial charge in [-0.2, -0.15) is 0 Å². The lowest BCUT2D eigenvalue weighted by molar-refractivity contribution is 0.280. The molecule has 0 spiro atoms. The molecule has 2 aromatic heterocycles. The minimum atomic E-state index is -0.621. The fourth-order valence-electron chi connectivity index (χ4n) is 2.27. The van der Waals surface area contributed by atoms with Crippen LogP contribution in [-0.2, 0) is 6.61 Å². The summed E-state index contributed by atoms with van der Waals surface area (Å²) in [7, 11) is 0. The number of hydrogen-bond donors (Lipinski definition) is 2. The number of aryl methyl sites for hydroxylation is 1. The van der Waals surface area contributed by atoms with E-state index in [-0.39, 0.29) is 17.0 Å². The largest absolute Gasteiger partial charge is 0.391 e. The molecule has 2 N–H and O–H groups in total. The van der Waals surface area contributed by atoms with Gasteiger partial charge in [-0.15, -0.1) is 0 Å². The number of aliphatic hydroxyl groups is 1. The van der Waals surface area contributed by atoms with Gasteiger partial charge in [0, 0.05) is 16.9 Å². The van der Waals surface area contributed by atoms with Crippen molar-refractivity contribution < 1.29 is 9.50 Å². The Balaban J connectivity index is 2.18. The topological polar surface area (TPSA) is 66.6 Å². The predicted molar refractivity (Wildman–Crippen MR) is 86.8 cm³/mol. The number of aromatic nitrogens is 2. The number of anilines is 2. The van der Waals surface area contributed by atoms with E-state index in [1.54, 1.807) is 18.2 Å². The molecule has 0 aliphatic heterocycles. The highest BCUT2D eigenvalue weighted by Gasteiger charge is 2.14. The molecule has 3 aromatic rings. The van der Waals surface area contributed by atoms with Gasteiger partial charge in [-0.25, -0.2) is 9.37 Å². The van der Waals surface area contributed by atoms with E-state index in [9.17, 15) is 14.3 Å². The van der Waals surface area contributed by atoms with Crippen LogP contribution in [0.2, 0.25) is 5.02 Å². The summed E-state index contributed by atoms with van der Waals surface area (Å²) in [4.78, 5) is 16.5. The van der Waals surface area contributed by atoms with Crippen molar-refractivity contribution >= 4 is 28.8 Å². The van der Waals surface area contributed by atoms with Crippen molar-refractivity contribution in [2.24, 2.45) is 0 Å². The predicted octanol–water partition coefficient (Wildman–Crippen LogP) is 3.03. The maximum Gasteiger partial charge on any atom is 0.265 e. The Kier molecular flexibility index (Phi) is 4.02. The number of nitrogens with zero attached hydrogens (tertiary/aromatic N) is 2. The monoisotopic (exact) mass is 333 g/mol. The molecule has 3 rings (SSSR count). The zero-order chi connectivity index (χ0) is 16.6. The van der Waals surface area contributed by atoms with Gasteiger partial charge in [0.05, 0.1) is 12.2 Å². The molecule has 2 heterocycles. The van der Waals surface area contributed by atoms with Crippen molar-refractivity contribution in [2.45, 2.75) is 13.5 Å². The van der Waals surface area contributed by atoms with Crippen molar-refractivity contribution in [1.29, 1.82) is 0 Å². The smallest absolute Gasteiger partial charge is 0.265 e. The minimum absolute atomic E-state index is 0.0562. The van der Waals surface area contributed by atoms with Gasteiger partial charge < -0.3 is 10.4 Å². The van der Waals surface area contributed by atoms with Crippen LogP contribution in [0.5, 0.6) is 0 Å². The molecular weight excluding hydrogens is 321 g/mol. The number of aliphatic hydroxyl groups excluding tert-OH is 1. The molecule has 0 saturated carbocycles. The fourth-order valence-corrected chi connectivity index (χ4v) is 2.39. The number of rotatable bonds is 3. The summed E-state index contributed by atoms with van der Waals surface area (Å²) in [5.74, 6) is -0.506. The van der Waals surface area contributed by atoms with Crippen LogP contribution in [0.4, 0.5) is 15.9 Å². The molecule has 0 unspecified atom stereocenters. The van der Waals surface area contributed by atoms with E-state index in [4.69, 9.17) is 11.6 Å². The molecule has 0 radical (unpaired) electrons. The third-order valence-electron chi connectivity index (χ3n) is 3.48. The number of fused-ring (bicyclic) bond motifs is 1. The Labute approximate surface area is 136 Å². The molecule has 0 atom stereocenters. The van der Waals surface area contributed by atoms with Gasteiger partial charge in [-0.1, -0.05) is 11.6 Å². The van der Waals surface area contributed by atoms with Gasteiger partial charge in [0.1, 0.15) is 5.82 Å². The summed E-state index contributed by atoms with van der Waals surface area (Å²) in [6, 6.07) is 7.81. The first-order valence-electron chi connectivity index (χ1n) is 6.85. The first kappa shape index (κ1) is 15.5. The first-order valence-corrected chi connectivity index (χ1v) is 7.23. The number of benzene rings is 1. The lowest BCUT2D eigenvalue weighted by Gasteiger charge is -2.12. The maximum absolute atomic E-state index is 13.9. The zero-order valence-electron chi connectivity index (χ0n) is 12.2. The van der Waals surface area contributed by atoms with E-state index >= 15 is 0 Å². The second-order valence-corrected chi connectivity index (χ2v) is 5.45. The molecular formula is C16H13ClFN3O2. The summed E-state index contributed by atoms with van der Waals surface area (Å²) in [5, 5.41) is 13.0. The van der Waals surface area contributed by atoms with Crippen molar-refractivity contribution in [3.63, 3.8) is 0 Å². The van der Waals surface area contributed by atoms with Gasteiger partial charge in [-0.3, -0.25) is 9.20 Å². The second kappa shape index (κ2) is 5.98. The highest BCUT2D eigenvalue weighted by atomic mass is 35.5. The van der Waals surface area contributed by atoms with E-state index in [1.807, 2.05) is 6.92 Å². The molecule has 118 valence electrons. The number of pyridine rings is 1. The van der Waals surface area contributed by atoms with Crippen molar-refractivity contribution in [3.8, 4) is 0 Å². The van der Waals surface area contributed by atoms with Crippen LogP contribution < -0.4 is 10.9 Å². The van der Waals surface area contributed by atoms with Crippen LogP contribution in [0.25, 0.3) is 5.65 Å². The molecule has 0 fully saturated rings. The average molecular weight is 334 g/mol. The van der Waals surface area contributed by atoms with Gasteiger partial charge in [-0.05, 0) is 42.8 Å². The first-order chi connectivity index (χ1) is 11.0. The maximum atomic E-state index is 13.9. The van der Waals surface area contributed by atoms with Crippen molar-refractivity contribution in [2.75, 3.05) is 5.32 Å². The Morgan fingerprint density at radius 3 is 2.87 bits per heavy atom. The minimum Gasteiger partial charge on any atom is -0.391 e. The van der Waals surface area contributed by atoms with Crippen molar-refractivity contribution in [1.82, 2.24) is 9.38 Å². The molecule has 23 heavy (non-hydrogen) atoms. The molecule has 5 nitrogen and oxygen atoms in total.